The largest absolute Gasteiger partial charge is 0.469 e. The Bertz CT molecular complexity index is 392. The molecule has 0 bridgehead atoms. The molecule has 0 aliphatic carbocycles. The molecule has 0 amide bonds. The Morgan fingerprint density at radius 1 is 1.14 bits per heavy atom. The molecule has 1 rings (SSSR count). The van der Waals surface area contributed by atoms with Crippen LogP contribution in [0.2, 0.25) is 0 Å². The molecule has 8 heteroatoms. The fourth-order valence-electron chi connectivity index (χ4n) is 1.99. The summed E-state index contributed by atoms with van der Waals surface area (Å²) >= 11 is 3.20. The van der Waals surface area contributed by atoms with Crippen LogP contribution in [-0.2, 0) is 28.6 Å². The highest BCUT2D eigenvalue weighted by Gasteiger charge is 2.42. The Balaban J connectivity index is 2.87. The molecule has 1 heterocycles. The Labute approximate surface area is 132 Å². The van der Waals surface area contributed by atoms with Crippen LogP contribution in [0.4, 0.5) is 0 Å². The van der Waals surface area contributed by atoms with Crippen molar-refractivity contribution >= 4 is 41.4 Å². The van der Waals surface area contributed by atoms with Crippen LogP contribution < -0.4 is 0 Å². The summed E-state index contributed by atoms with van der Waals surface area (Å²) < 4.78 is 13.9. The van der Waals surface area contributed by atoms with Gasteiger partial charge in [-0.1, -0.05) is 0 Å². The van der Waals surface area contributed by atoms with Gasteiger partial charge in [-0.3, -0.25) is 9.59 Å². The second kappa shape index (κ2) is 8.53. The van der Waals surface area contributed by atoms with Crippen molar-refractivity contribution in [1.82, 2.24) is 0 Å². The van der Waals surface area contributed by atoms with E-state index in [2.05, 4.69) is 4.74 Å². The summed E-state index contributed by atoms with van der Waals surface area (Å²) in [5.41, 5.74) is 0. The molecular formula is C13H20O6S2. The van der Waals surface area contributed by atoms with Crippen LogP contribution in [0.25, 0.3) is 0 Å². The predicted octanol–water partition coefficient (Wildman–Crippen LogP) is 1.61. The summed E-state index contributed by atoms with van der Waals surface area (Å²) in [6, 6.07) is 0. The molecule has 0 aromatic heterocycles. The third-order valence-corrected chi connectivity index (χ3v) is 6.30. The van der Waals surface area contributed by atoms with Crippen molar-refractivity contribution in [3.63, 3.8) is 0 Å². The van der Waals surface area contributed by atoms with Crippen molar-refractivity contribution in [2.75, 3.05) is 25.7 Å². The van der Waals surface area contributed by atoms with E-state index in [0.29, 0.717) is 0 Å². The van der Waals surface area contributed by atoms with E-state index in [1.54, 1.807) is 23.5 Å². The van der Waals surface area contributed by atoms with E-state index >= 15 is 0 Å². The maximum atomic E-state index is 11.8. The number of methoxy groups -OCH3 is 2. The number of carbonyl (C=O) groups is 3. The molecule has 0 N–H and O–H groups in total. The van der Waals surface area contributed by atoms with Crippen molar-refractivity contribution in [2.45, 2.75) is 36.4 Å². The SMILES string of the molecule is COC(=O)CC1(C[C@H](OC(C)=O)C(=O)OC)SCCCS1. The van der Waals surface area contributed by atoms with Crippen molar-refractivity contribution < 1.29 is 28.6 Å². The molecular weight excluding hydrogens is 316 g/mol. The summed E-state index contributed by atoms with van der Waals surface area (Å²) in [4.78, 5) is 34.6. The Morgan fingerprint density at radius 2 is 1.76 bits per heavy atom. The van der Waals surface area contributed by atoms with Gasteiger partial charge < -0.3 is 14.2 Å². The van der Waals surface area contributed by atoms with Gasteiger partial charge in [-0.2, -0.15) is 0 Å². The van der Waals surface area contributed by atoms with Gasteiger partial charge in [0, 0.05) is 13.3 Å². The number of thioether (sulfide) groups is 2. The summed E-state index contributed by atoms with van der Waals surface area (Å²) in [5.74, 6) is 0.268. The molecule has 120 valence electrons. The molecule has 1 aliphatic heterocycles. The van der Waals surface area contributed by atoms with Crippen LogP contribution >= 0.6 is 23.5 Å². The van der Waals surface area contributed by atoms with Crippen molar-refractivity contribution in [2.24, 2.45) is 0 Å². The van der Waals surface area contributed by atoms with Gasteiger partial charge in [0.1, 0.15) is 0 Å². The minimum atomic E-state index is -1.00. The number of hydrogen-bond donors (Lipinski definition) is 0. The van der Waals surface area contributed by atoms with E-state index < -0.39 is 22.1 Å². The highest BCUT2D eigenvalue weighted by Crippen LogP contribution is 2.48. The first-order valence-corrected chi connectivity index (χ1v) is 8.49. The molecule has 0 radical (unpaired) electrons. The van der Waals surface area contributed by atoms with E-state index in [1.165, 1.54) is 21.1 Å². The van der Waals surface area contributed by atoms with Crippen LogP contribution in [0.1, 0.15) is 26.2 Å². The van der Waals surface area contributed by atoms with Crippen LogP contribution in [0.15, 0.2) is 0 Å². The smallest absolute Gasteiger partial charge is 0.347 e. The van der Waals surface area contributed by atoms with Crippen LogP contribution in [0.5, 0.6) is 0 Å². The lowest BCUT2D eigenvalue weighted by Gasteiger charge is -2.36. The molecule has 0 saturated carbocycles. The molecule has 1 fully saturated rings. The summed E-state index contributed by atoms with van der Waals surface area (Å²) in [6.07, 6.45) is 0.418. The first-order valence-electron chi connectivity index (χ1n) is 6.52. The molecule has 6 nitrogen and oxygen atoms in total. The lowest BCUT2D eigenvalue weighted by atomic mass is 10.1. The van der Waals surface area contributed by atoms with Gasteiger partial charge in [-0.25, -0.2) is 4.79 Å². The number of esters is 3. The average molecular weight is 336 g/mol. The monoisotopic (exact) mass is 336 g/mol. The summed E-state index contributed by atoms with van der Waals surface area (Å²) in [5, 5.41) is 0. The number of carbonyl (C=O) groups excluding carboxylic acids is 3. The van der Waals surface area contributed by atoms with Gasteiger partial charge in [-0.05, 0) is 17.9 Å². The van der Waals surface area contributed by atoms with Crippen molar-refractivity contribution in [1.29, 1.82) is 0 Å². The lowest BCUT2D eigenvalue weighted by Crippen LogP contribution is -2.38. The molecule has 1 aliphatic rings. The van der Waals surface area contributed by atoms with Gasteiger partial charge in [0.15, 0.2) is 0 Å². The molecule has 0 aromatic rings. The van der Waals surface area contributed by atoms with Gasteiger partial charge in [0.25, 0.3) is 0 Å². The minimum Gasteiger partial charge on any atom is -0.469 e. The second-order valence-electron chi connectivity index (χ2n) is 4.54. The lowest BCUT2D eigenvalue weighted by molar-refractivity contribution is -0.165. The van der Waals surface area contributed by atoms with Gasteiger partial charge in [0.2, 0.25) is 6.10 Å². The number of hydrogen-bond acceptors (Lipinski definition) is 8. The third-order valence-electron chi connectivity index (χ3n) is 2.93. The first kappa shape index (κ1) is 18.2. The second-order valence-corrected chi connectivity index (χ2v) is 7.75. The molecule has 1 saturated heterocycles. The minimum absolute atomic E-state index is 0.160. The van der Waals surface area contributed by atoms with E-state index in [-0.39, 0.29) is 18.8 Å². The third kappa shape index (κ3) is 5.78. The average Bonchev–Trinajstić information content (AvgIpc) is 2.46. The van der Waals surface area contributed by atoms with Crippen LogP contribution in [0.3, 0.4) is 0 Å². The number of rotatable bonds is 6. The number of ether oxygens (including phenoxy) is 3. The van der Waals surface area contributed by atoms with E-state index in [0.717, 1.165) is 17.9 Å². The quantitative estimate of drug-likeness (QED) is 0.535. The summed E-state index contributed by atoms with van der Waals surface area (Å²) in [7, 11) is 2.57. The predicted molar refractivity (Wildman–Crippen MR) is 81.1 cm³/mol. The van der Waals surface area contributed by atoms with Gasteiger partial charge in [0.05, 0.1) is 24.7 Å². The van der Waals surface area contributed by atoms with E-state index in [4.69, 9.17) is 9.47 Å². The molecule has 1 atom stereocenters. The molecule has 21 heavy (non-hydrogen) atoms. The highest BCUT2D eigenvalue weighted by molar-refractivity contribution is 8.18. The van der Waals surface area contributed by atoms with Crippen molar-refractivity contribution in [3.8, 4) is 0 Å². The Morgan fingerprint density at radius 3 is 2.24 bits per heavy atom. The molecule has 0 unspecified atom stereocenters. The fourth-order valence-corrected chi connectivity index (χ4v) is 5.30. The Hall–Kier alpha value is -0.890. The molecule has 0 aromatic carbocycles. The van der Waals surface area contributed by atoms with Crippen LogP contribution in [0, 0.1) is 0 Å². The maximum absolute atomic E-state index is 11.8. The van der Waals surface area contributed by atoms with Crippen LogP contribution in [-0.4, -0.2) is 53.8 Å². The topological polar surface area (TPSA) is 78.9 Å². The first-order chi connectivity index (χ1) is 9.92. The zero-order valence-electron chi connectivity index (χ0n) is 12.4. The fraction of sp³-hybridized carbons (Fsp3) is 0.769. The zero-order chi connectivity index (χ0) is 15.9. The van der Waals surface area contributed by atoms with Gasteiger partial charge >= 0.3 is 17.9 Å². The zero-order valence-corrected chi connectivity index (χ0v) is 14.0. The summed E-state index contributed by atoms with van der Waals surface area (Å²) in [6.45, 7) is 1.24. The molecule has 0 spiro atoms. The highest BCUT2D eigenvalue weighted by atomic mass is 32.2. The van der Waals surface area contributed by atoms with E-state index in [1.807, 2.05) is 0 Å². The normalized spacial score (nSPS) is 18.4. The Kier molecular flexibility index (Phi) is 7.37. The van der Waals surface area contributed by atoms with Crippen molar-refractivity contribution in [3.05, 3.63) is 0 Å². The van der Waals surface area contributed by atoms with E-state index in [9.17, 15) is 14.4 Å². The van der Waals surface area contributed by atoms with Gasteiger partial charge in [-0.15, -0.1) is 23.5 Å². The standard InChI is InChI=1S/C13H20O6S2/c1-9(14)19-10(12(16)18-3)7-13(8-11(15)17-2)20-5-4-6-21-13/h10H,4-8H2,1-3H3/t10-/m0/s1. The maximum Gasteiger partial charge on any atom is 0.347 e.